The molecule has 0 amide bonds. The standard InChI is InChI=1S/C36H24N2/c1-2-11-25(12-3-1)26-13-10-14-27(23-26)37-35-20-9-6-17-31(35)32-24-28(21-22-36(32)37)38-33-18-7-4-15-29(33)30-16-5-8-19-34(30)38/h1-24H/i1D,4D,7D,15D,18D. The molecule has 2 aromatic heterocycles. The maximum Gasteiger partial charge on any atom is 0.0645 e. The van der Waals surface area contributed by atoms with E-state index in [-0.39, 0.29) is 24.2 Å². The first kappa shape index (κ1) is 16.6. The Morgan fingerprint density at radius 2 is 1.03 bits per heavy atom. The topological polar surface area (TPSA) is 9.86 Å². The molecule has 0 spiro atoms. The maximum atomic E-state index is 8.84. The second-order valence-electron chi connectivity index (χ2n) is 9.47. The van der Waals surface area contributed by atoms with Crippen LogP contribution >= 0.6 is 0 Å². The van der Waals surface area contributed by atoms with Gasteiger partial charge in [-0.25, -0.2) is 0 Å². The quantitative estimate of drug-likeness (QED) is 0.234. The van der Waals surface area contributed by atoms with Gasteiger partial charge in [-0.05, 0) is 59.6 Å². The fourth-order valence-electron chi connectivity index (χ4n) is 5.72. The summed E-state index contributed by atoms with van der Waals surface area (Å²) >= 11 is 0. The van der Waals surface area contributed by atoms with Crippen molar-refractivity contribution < 1.29 is 6.85 Å². The smallest absolute Gasteiger partial charge is 0.0645 e. The Hall–Kier alpha value is -5.08. The van der Waals surface area contributed by atoms with Crippen molar-refractivity contribution in [1.29, 1.82) is 0 Å². The molecule has 8 aromatic rings. The maximum absolute atomic E-state index is 8.84. The third kappa shape index (κ3) is 3.07. The molecule has 0 aliphatic heterocycles. The summed E-state index contributed by atoms with van der Waals surface area (Å²) in [4.78, 5) is 0. The van der Waals surface area contributed by atoms with Gasteiger partial charge in [0.25, 0.3) is 0 Å². The molecule has 0 radical (unpaired) electrons. The molecular weight excluding hydrogens is 460 g/mol. The van der Waals surface area contributed by atoms with Crippen molar-refractivity contribution in [2.24, 2.45) is 0 Å². The summed E-state index contributed by atoms with van der Waals surface area (Å²) in [6, 6.07) is 38.2. The molecule has 38 heavy (non-hydrogen) atoms. The molecule has 2 heteroatoms. The van der Waals surface area contributed by atoms with Gasteiger partial charge in [0.1, 0.15) is 0 Å². The average Bonchev–Trinajstić information content (AvgIpc) is 3.56. The zero-order valence-corrected chi connectivity index (χ0v) is 20.4. The van der Waals surface area contributed by atoms with E-state index in [2.05, 4.69) is 53.1 Å². The van der Waals surface area contributed by atoms with Crippen LogP contribution in [0.3, 0.4) is 0 Å². The van der Waals surface area contributed by atoms with E-state index in [1.165, 1.54) is 0 Å². The highest BCUT2D eigenvalue weighted by molar-refractivity contribution is 6.12. The van der Waals surface area contributed by atoms with E-state index in [0.29, 0.717) is 16.9 Å². The summed E-state index contributed by atoms with van der Waals surface area (Å²) in [7, 11) is 0. The highest BCUT2D eigenvalue weighted by Crippen LogP contribution is 2.37. The Morgan fingerprint density at radius 3 is 1.84 bits per heavy atom. The molecule has 6 aromatic carbocycles. The Kier molecular flexibility index (Phi) is 3.60. The molecule has 8 rings (SSSR count). The molecule has 0 saturated carbocycles. The van der Waals surface area contributed by atoms with Gasteiger partial charge in [-0.1, -0.05) is 97.0 Å². The highest BCUT2D eigenvalue weighted by Gasteiger charge is 2.16. The van der Waals surface area contributed by atoms with Gasteiger partial charge in [0.05, 0.1) is 28.9 Å². The third-order valence-electron chi connectivity index (χ3n) is 7.38. The van der Waals surface area contributed by atoms with Gasteiger partial charge in [-0.3, -0.25) is 0 Å². The Bertz CT molecular complexity index is 2400. The molecule has 0 aliphatic carbocycles. The number of rotatable bonds is 3. The number of aromatic nitrogens is 2. The van der Waals surface area contributed by atoms with E-state index < -0.39 is 0 Å². The molecule has 0 aliphatic rings. The number of para-hydroxylation sites is 3. The number of hydrogen-bond donors (Lipinski definition) is 0. The molecule has 178 valence electrons. The van der Waals surface area contributed by atoms with Crippen LogP contribution in [0.1, 0.15) is 6.85 Å². The van der Waals surface area contributed by atoms with Crippen LogP contribution in [0.5, 0.6) is 0 Å². The first-order chi connectivity index (χ1) is 20.9. The van der Waals surface area contributed by atoms with Crippen LogP contribution in [0.15, 0.2) is 145 Å². The lowest BCUT2D eigenvalue weighted by Crippen LogP contribution is -1.96. The summed E-state index contributed by atoms with van der Waals surface area (Å²) in [5.74, 6) is 0. The van der Waals surface area contributed by atoms with Crippen LogP contribution in [0, 0.1) is 0 Å². The van der Waals surface area contributed by atoms with Crippen molar-refractivity contribution in [2.75, 3.05) is 0 Å². The van der Waals surface area contributed by atoms with Crippen LogP contribution in [-0.4, -0.2) is 9.13 Å². The van der Waals surface area contributed by atoms with Gasteiger partial charge < -0.3 is 9.13 Å². The van der Waals surface area contributed by atoms with Crippen LogP contribution in [0.25, 0.3) is 66.1 Å². The van der Waals surface area contributed by atoms with E-state index in [4.69, 9.17) is 6.85 Å². The van der Waals surface area contributed by atoms with Crippen molar-refractivity contribution in [1.82, 2.24) is 9.13 Å². The lowest BCUT2D eigenvalue weighted by molar-refractivity contribution is 1.17. The first-order valence-electron chi connectivity index (χ1n) is 15.1. The van der Waals surface area contributed by atoms with Crippen LogP contribution in [0.4, 0.5) is 0 Å². The number of benzene rings is 6. The van der Waals surface area contributed by atoms with Crippen molar-refractivity contribution in [2.45, 2.75) is 0 Å². The zero-order chi connectivity index (χ0) is 29.4. The van der Waals surface area contributed by atoms with Gasteiger partial charge in [0.15, 0.2) is 0 Å². The second kappa shape index (κ2) is 8.22. The molecule has 0 fully saturated rings. The minimum absolute atomic E-state index is 0.0270. The summed E-state index contributed by atoms with van der Waals surface area (Å²) in [5.41, 5.74) is 7.38. The summed E-state index contributed by atoms with van der Waals surface area (Å²) in [6.07, 6.45) is 0. The third-order valence-corrected chi connectivity index (χ3v) is 7.38. The van der Waals surface area contributed by atoms with Gasteiger partial charge in [0.2, 0.25) is 0 Å². The van der Waals surface area contributed by atoms with Crippen LogP contribution < -0.4 is 0 Å². The normalized spacial score (nSPS) is 13.5. The molecule has 2 heterocycles. The molecule has 0 atom stereocenters. The molecule has 0 unspecified atom stereocenters. The van der Waals surface area contributed by atoms with E-state index in [9.17, 15) is 0 Å². The summed E-state index contributed by atoms with van der Waals surface area (Å²) in [5, 5.41) is 3.46. The monoisotopic (exact) mass is 489 g/mol. The van der Waals surface area contributed by atoms with Gasteiger partial charge in [-0.2, -0.15) is 0 Å². The average molecular weight is 490 g/mol. The number of fused-ring (bicyclic) bond motifs is 6. The Labute approximate surface area is 227 Å². The Morgan fingerprint density at radius 1 is 0.395 bits per heavy atom. The lowest BCUT2D eigenvalue weighted by atomic mass is 10.1. The first-order valence-corrected chi connectivity index (χ1v) is 12.6. The molecule has 0 saturated heterocycles. The summed E-state index contributed by atoms with van der Waals surface area (Å²) < 4.78 is 46.3. The molecular formula is C36H24N2. The molecule has 0 N–H and O–H groups in total. The Balaban J connectivity index is 1.41. The van der Waals surface area contributed by atoms with Gasteiger partial charge >= 0.3 is 0 Å². The number of hydrogen-bond acceptors (Lipinski definition) is 0. The van der Waals surface area contributed by atoms with E-state index >= 15 is 0 Å². The summed E-state index contributed by atoms with van der Waals surface area (Å²) in [6.45, 7) is 0. The number of nitrogens with zero attached hydrogens (tertiary/aromatic N) is 2. The van der Waals surface area contributed by atoms with Crippen molar-refractivity contribution in [3.8, 4) is 22.5 Å². The minimum atomic E-state index is -0.239. The van der Waals surface area contributed by atoms with Crippen molar-refractivity contribution in [3.05, 3.63) is 145 Å². The van der Waals surface area contributed by atoms with Crippen molar-refractivity contribution in [3.63, 3.8) is 0 Å². The molecule has 0 bridgehead atoms. The minimum Gasteiger partial charge on any atom is -0.309 e. The van der Waals surface area contributed by atoms with E-state index in [1.54, 1.807) is 12.1 Å². The largest absolute Gasteiger partial charge is 0.309 e. The zero-order valence-electron chi connectivity index (χ0n) is 25.4. The highest BCUT2D eigenvalue weighted by atomic mass is 15.0. The van der Waals surface area contributed by atoms with Crippen LogP contribution in [-0.2, 0) is 0 Å². The fourth-order valence-corrected chi connectivity index (χ4v) is 5.72. The lowest BCUT2D eigenvalue weighted by Gasteiger charge is -2.11. The molecule has 2 nitrogen and oxygen atoms in total. The van der Waals surface area contributed by atoms with Crippen LogP contribution in [0.2, 0.25) is 0 Å². The van der Waals surface area contributed by atoms with E-state index in [0.717, 1.165) is 55.2 Å². The van der Waals surface area contributed by atoms with Crippen molar-refractivity contribution >= 4 is 43.6 Å². The SMILES string of the molecule is [2H]c1ccc(-c2cccc(-n3c4ccccc4c4cc(-n5c6ccccc6c6c([2H])c([2H])c([2H])c([2H])c65)ccc43)c2)cc1. The van der Waals surface area contributed by atoms with Gasteiger partial charge in [-0.15, -0.1) is 0 Å². The van der Waals surface area contributed by atoms with Gasteiger partial charge in [0, 0.05) is 32.9 Å². The predicted molar refractivity (Wildman–Crippen MR) is 161 cm³/mol. The van der Waals surface area contributed by atoms with E-state index in [1.807, 2.05) is 59.2 Å². The second-order valence-corrected chi connectivity index (χ2v) is 9.47. The fraction of sp³-hybridized carbons (Fsp3) is 0. The predicted octanol–water partition coefficient (Wildman–Crippen LogP) is 9.55.